The molecule has 1 aliphatic heterocycles. The van der Waals surface area contributed by atoms with Crippen molar-refractivity contribution in [3.8, 4) is 0 Å². The molecule has 0 radical (unpaired) electrons. The van der Waals surface area contributed by atoms with Crippen molar-refractivity contribution in [1.29, 1.82) is 0 Å². The molecule has 2 aliphatic rings. The molecule has 1 saturated carbocycles. The molecule has 0 bridgehead atoms. The van der Waals surface area contributed by atoms with Gasteiger partial charge in [0.1, 0.15) is 16.5 Å². The lowest BCUT2D eigenvalue weighted by Gasteiger charge is -2.32. The maximum absolute atomic E-state index is 13.7. The number of hydrogen-bond acceptors (Lipinski definition) is 6. The number of rotatable bonds is 8. The Labute approximate surface area is 232 Å². The number of nitrogens with two attached hydrogens (primary N) is 1. The third kappa shape index (κ3) is 6.49. The molecule has 3 aromatic rings. The summed E-state index contributed by atoms with van der Waals surface area (Å²) < 4.78 is 19.5. The highest BCUT2D eigenvalue weighted by Crippen LogP contribution is 2.37. The van der Waals surface area contributed by atoms with E-state index in [2.05, 4.69) is 4.98 Å². The Balaban J connectivity index is 0.00000336. The lowest BCUT2D eigenvalue weighted by atomic mass is 9.83. The fraction of sp³-hybridized carbons (Fsp3) is 0.414. The zero-order valence-corrected chi connectivity index (χ0v) is 22.8. The summed E-state index contributed by atoms with van der Waals surface area (Å²) in [5.41, 5.74) is 8.28. The van der Waals surface area contributed by atoms with E-state index in [1.807, 2.05) is 35.2 Å². The number of hydrogen-bond donors (Lipinski definition) is 1. The Morgan fingerprint density at radius 1 is 1.08 bits per heavy atom. The van der Waals surface area contributed by atoms with Crippen LogP contribution in [0.25, 0.3) is 0 Å². The van der Waals surface area contributed by atoms with E-state index < -0.39 is 11.9 Å². The maximum atomic E-state index is 13.7. The van der Waals surface area contributed by atoms with Crippen LogP contribution in [0.1, 0.15) is 71.2 Å². The molecule has 2 aromatic carbocycles. The minimum atomic E-state index is -0.545. The quantitative estimate of drug-likeness (QED) is 0.359. The van der Waals surface area contributed by atoms with Crippen molar-refractivity contribution >= 4 is 35.4 Å². The first-order valence-electron chi connectivity index (χ1n) is 13.0. The SMILES string of the molecule is Cl.N[C@H](C(=O)N1C[C@@H](OCc2ccccc2)C[C@H]1c1nc(C(=O)c2ccc(F)cc2)cs1)C1CCCCC1. The van der Waals surface area contributed by atoms with E-state index in [1.165, 1.54) is 42.0 Å². The second kappa shape index (κ2) is 12.9. The van der Waals surface area contributed by atoms with Crippen molar-refractivity contribution in [2.75, 3.05) is 6.54 Å². The van der Waals surface area contributed by atoms with Gasteiger partial charge in [-0.1, -0.05) is 49.6 Å². The van der Waals surface area contributed by atoms with E-state index in [1.54, 1.807) is 5.38 Å². The minimum absolute atomic E-state index is 0. The van der Waals surface area contributed by atoms with Crippen LogP contribution in [-0.4, -0.2) is 40.3 Å². The third-order valence-corrected chi connectivity index (χ3v) is 8.41. The van der Waals surface area contributed by atoms with Crippen molar-refractivity contribution in [3.05, 3.63) is 87.6 Å². The highest BCUT2D eigenvalue weighted by atomic mass is 35.5. The number of benzene rings is 2. The summed E-state index contributed by atoms with van der Waals surface area (Å²) in [6.07, 6.45) is 5.81. The van der Waals surface area contributed by atoms with Gasteiger partial charge in [-0.3, -0.25) is 9.59 Å². The number of ether oxygens (including phenoxy) is 1. The van der Waals surface area contributed by atoms with Gasteiger partial charge in [0.25, 0.3) is 0 Å². The van der Waals surface area contributed by atoms with Crippen LogP contribution in [0, 0.1) is 11.7 Å². The molecular formula is C29H33ClFN3O3S. The third-order valence-electron chi connectivity index (χ3n) is 7.46. The van der Waals surface area contributed by atoms with Crippen molar-refractivity contribution in [1.82, 2.24) is 9.88 Å². The number of carbonyl (C=O) groups excluding carboxylic acids is 2. The lowest BCUT2D eigenvalue weighted by molar-refractivity contribution is -0.135. The standard InChI is InChI=1S/C29H32FN3O3S.ClH/c30-22-13-11-21(12-14-22)27(34)24-18-37-28(32-24)25-15-23(36-17-19-7-3-1-4-8-19)16-33(25)29(35)26(31)20-9-5-2-6-10-20;/h1,3-4,7-8,11-14,18,20,23,25-26H,2,5-6,9-10,15-17,31H2;1H/t23-,25-,26-;/m0./s1. The molecule has 1 aliphatic carbocycles. The molecule has 2 N–H and O–H groups in total. The summed E-state index contributed by atoms with van der Waals surface area (Å²) in [5.74, 6) is -0.539. The predicted molar refractivity (Wildman–Crippen MR) is 148 cm³/mol. The number of thiazole rings is 1. The van der Waals surface area contributed by atoms with Crippen molar-refractivity contribution < 1.29 is 18.7 Å². The Morgan fingerprint density at radius 2 is 1.79 bits per heavy atom. The fourth-order valence-corrected chi connectivity index (χ4v) is 6.29. The van der Waals surface area contributed by atoms with Crippen LogP contribution >= 0.6 is 23.7 Å². The molecule has 202 valence electrons. The van der Waals surface area contributed by atoms with E-state index in [4.69, 9.17) is 10.5 Å². The summed E-state index contributed by atoms with van der Waals surface area (Å²) in [6, 6.07) is 14.5. The molecule has 1 aromatic heterocycles. The van der Waals surface area contributed by atoms with E-state index >= 15 is 0 Å². The van der Waals surface area contributed by atoms with Gasteiger partial charge in [-0.05, 0) is 48.6 Å². The lowest BCUT2D eigenvalue weighted by Crippen LogP contribution is -2.48. The van der Waals surface area contributed by atoms with Crippen LogP contribution in [0.4, 0.5) is 4.39 Å². The molecule has 0 spiro atoms. The number of nitrogens with zero attached hydrogens (tertiary/aromatic N) is 2. The molecule has 5 rings (SSSR count). The first-order chi connectivity index (χ1) is 18.0. The summed E-state index contributed by atoms with van der Waals surface area (Å²) in [6.45, 7) is 0.901. The maximum Gasteiger partial charge on any atom is 0.240 e. The van der Waals surface area contributed by atoms with Gasteiger partial charge in [0.15, 0.2) is 0 Å². The van der Waals surface area contributed by atoms with Crippen LogP contribution in [0.15, 0.2) is 60.0 Å². The van der Waals surface area contributed by atoms with Gasteiger partial charge in [0.2, 0.25) is 11.7 Å². The average Bonchev–Trinajstić information content (AvgIpc) is 3.60. The molecule has 2 fully saturated rings. The highest BCUT2D eigenvalue weighted by Gasteiger charge is 2.41. The van der Waals surface area contributed by atoms with Crippen LogP contribution in [0.5, 0.6) is 0 Å². The number of carbonyl (C=O) groups is 2. The molecule has 1 amide bonds. The number of likely N-dealkylation sites (tertiary alicyclic amines) is 1. The van der Waals surface area contributed by atoms with E-state index in [9.17, 15) is 14.0 Å². The van der Waals surface area contributed by atoms with Crippen molar-refractivity contribution in [2.24, 2.45) is 11.7 Å². The first-order valence-corrected chi connectivity index (χ1v) is 13.8. The Hall–Kier alpha value is -2.65. The molecule has 3 atom stereocenters. The molecule has 2 heterocycles. The Morgan fingerprint density at radius 3 is 2.50 bits per heavy atom. The Kier molecular flexibility index (Phi) is 9.65. The summed E-state index contributed by atoms with van der Waals surface area (Å²) in [4.78, 5) is 33.1. The molecular weight excluding hydrogens is 525 g/mol. The number of amides is 1. The first kappa shape index (κ1) is 28.4. The molecule has 6 nitrogen and oxygen atoms in total. The largest absolute Gasteiger partial charge is 0.372 e. The molecule has 1 saturated heterocycles. The van der Waals surface area contributed by atoms with Crippen LogP contribution in [0.2, 0.25) is 0 Å². The summed E-state index contributed by atoms with van der Waals surface area (Å²) in [5, 5.41) is 2.41. The molecule has 9 heteroatoms. The van der Waals surface area contributed by atoms with Crippen molar-refractivity contribution in [3.63, 3.8) is 0 Å². The minimum Gasteiger partial charge on any atom is -0.372 e. The van der Waals surface area contributed by atoms with Gasteiger partial charge in [0.05, 0.1) is 24.8 Å². The monoisotopic (exact) mass is 557 g/mol. The number of halogens is 2. The molecule has 0 unspecified atom stereocenters. The van der Waals surface area contributed by atoms with Gasteiger partial charge in [-0.15, -0.1) is 23.7 Å². The average molecular weight is 558 g/mol. The van der Waals surface area contributed by atoms with Gasteiger partial charge in [-0.25, -0.2) is 9.37 Å². The highest BCUT2D eigenvalue weighted by molar-refractivity contribution is 7.10. The second-order valence-corrected chi connectivity index (χ2v) is 10.9. The zero-order chi connectivity index (χ0) is 25.8. The summed E-state index contributed by atoms with van der Waals surface area (Å²) >= 11 is 1.36. The van der Waals surface area contributed by atoms with Crippen LogP contribution in [0.3, 0.4) is 0 Å². The Bertz CT molecular complexity index is 1220. The van der Waals surface area contributed by atoms with Gasteiger partial charge >= 0.3 is 0 Å². The van der Waals surface area contributed by atoms with E-state index in [0.29, 0.717) is 35.8 Å². The van der Waals surface area contributed by atoms with Crippen LogP contribution in [-0.2, 0) is 16.1 Å². The van der Waals surface area contributed by atoms with Gasteiger partial charge < -0.3 is 15.4 Å². The fourth-order valence-electron chi connectivity index (χ4n) is 5.36. The van der Waals surface area contributed by atoms with Crippen LogP contribution < -0.4 is 5.73 Å². The summed E-state index contributed by atoms with van der Waals surface area (Å²) in [7, 11) is 0. The van der Waals surface area contributed by atoms with Crippen molar-refractivity contribution in [2.45, 2.75) is 63.3 Å². The zero-order valence-electron chi connectivity index (χ0n) is 21.1. The molecule has 38 heavy (non-hydrogen) atoms. The van der Waals surface area contributed by atoms with E-state index in [-0.39, 0.29) is 42.2 Å². The predicted octanol–water partition coefficient (Wildman–Crippen LogP) is 5.70. The smallest absolute Gasteiger partial charge is 0.240 e. The number of ketones is 1. The van der Waals surface area contributed by atoms with Gasteiger partial charge in [-0.2, -0.15) is 0 Å². The second-order valence-electron chi connectivity index (χ2n) is 9.99. The number of aromatic nitrogens is 1. The van der Waals surface area contributed by atoms with Gasteiger partial charge in [0, 0.05) is 23.9 Å². The normalized spacial score (nSPS) is 20.6. The van der Waals surface area contributed by atoms with E-state index in [0.717, 1.165) is 31.2 Å². The topological polar surface area (TPSA) is 85.5 Å².